The second-order valence-corrected chi connectivity index (χ2v) is 18.6. The number of aromatic hydroxyl groups is 2. The Kier molecular flexibility index (Phi) is 21.9. The molecule has 8 aromatic carbocycles. The Bertz CT molecular complexity index is 1930. The summed E-state index contributed by atoms with van der Waals surface area (Å²) in [6.07, 6.45) is 0. The molecule has 0 saturated heterocycles. The molecule has 2 nitrogen and oxygen atoms in total. The maximum atomic E-state index is 9.30. The van der Waals surface area contributed by atoms with Crippen LogP contribution in [-0.4, -0.2) is 10.2 Å². The van der Waals surface area contributed by atoms with Crippen LogP contribution in [0.25, 0.3) is 0 Å². The summed E-state index contributed by atoms with van der Waals surface area (Å²) in [5.74, 6) is 0.547. The van der Waals surface area contributed by atoms with Crippen LogP contribution in [0.2, 0.25) is 0 Å². The fourth-order valence-electron chi connectivity index (χ4n) is 6.55. The summed E-state index contributed by atoms with van der Waals surface area (Å²) in [4.78, 5) is 0. The maximum absolute atomic E-state index is 9.30. The standard InChI is InChI=1S/2C18H15P.C15H16O2.2CH3.2Ni/c2*1-4-10-16(11-5-1)19(17-12-6-2-7-13-17)18-14-8-3-9-15-18;1-15(2,11-3-7-13(16)8-4-11)12-5-9-14(17)10-6-12;;;;/h2*1-15H;3-10,16-17H,1-2H3;2*1H3;;/q;;;2*-1;;/p+2. The van der Waals surface area contributed by atoms with Gasteiger partial charge in [-0.3, -0.25) is 0 Å². The number of rotatable bonds is 8. The Labute approximate surface area is 375 Å². The first-order valence-electron chi connectivity index (χ1n) is 18.6. The van der Waals surface area contributed by atoms with Crippen molar-refractivity contribution in [2.45, 2.75) is 19.3 Å². The zero-order valence-corrected chi connectivity index (χ0v) is 37.9. The Morgan fingerprint density at radius 2 is 0.458 bits per heavy atom. The molecule has 0 aliphatic rings. The van der Waals surface area contributed by atoms with E-state index >= 15 is 0 Å². The molecule has 0 bridgehead atoms. The first kappa shape index (κ1) is 50.4. The van der Waals surface area contributed by atoms with Crippen LogP contribution in [0.3, 0.4) is 0 Å². The molecule has 0 aromatic heterocycles. The van der Waals surface area contributed by atoms with Crippen molar-refractivity contribution in [3.8, 4) is 11.5 Å². The number of hydrogen-bond donors (Lipinski definition) is 2. The molecule has 308 valence electrons. The molecule has 0 amide bonds. The molecule has 8 rings (SSSR count). The fourth-order valence-corrected chi connectivity index (χ4v) is 11.7. The van der Waals surface area contributed by atoms with Crippen molar-refractivity contribution < 1.29 is 43.2 Å². The molecule has 8 aromatic rings. The summed E-state index contributed by atoms with van der Waals surface area (Å²) in [5.41, 5.74) is 2.10. The minimum absolute atomic E-state index is 0. The van der Waals surface area contributed by atoms with E-state index in [0.29, 0.717) is 0 Å². The van der Waals surface area contributed by atoms with Crippen LogP contribution >= 0.6 is 15.8 Å². The molecule has 2 N–H and O–H groups in total. The van der Waals surface area contributed by atoms with Crippen LogP contribution in [0, 0.1) is 14.9 Å². The van der Waals surface area contributed by atoms with Gasteiger partial charge in [-0.25, -0.2) is 0 Å². The van der Waals surface area contributed by atoms with Crippen molar-refractivity contribution in [2.24, 2.45) is 0 Å². The van der Waals surface area contributed by atoms with E-state index in [1.807, 2.05) is 24.3 Å². The second-order valence-electron chi connectivity index (χ2n) is 13.7. The van der Waals surface area contributed by atoms with Gasteiger partial charge in [0.25, 0.3) is 0 Å². The average Bonchev–Trinajstić information content (AvgIpc) is 3.24. The van der Waals surface area contributed by atoms with Crippen LogP contribution in [0.4, 0.5) is 0 Å². The van der Waals surface area contributed by atoms with E-state index in [9.17, 15) is 10.2 Å². The van der Waals surface area contributed by atoms with Crippen molar-refractivity contribution >= 4 is 47.7 Å². The maximum Gasteiger partial charge on any atom is 0.115 e. The van der Waals surface area contributed by atoms with E-state index in [2.05, 4.69) is 196 Å². The molecule has 0 atom stereocenters. The number of hydrogen-bond acceptors (Lipinski definition) is 2. The quantitative estimate of drug-likeness (QED) is 0.0906. The molecule has 59 heavy (non-hydrogen) atoms. The number of phenolic OH excluding ortho intramolecular Hbond substituents is 2. The molecule has 0 saturated carbocycles. The van der Waals surface area contributed by atoms with Crippen molar-refractivity contribution in [3.63, 3.8) is 0 Å². The molecule has 0 unspecified atom stereocenters. The summed E-state index contributed by atoms with van der Waals surface area (Å²) in [6, 6.07) is 79.4. The van der Waals surface area contributed by atoms with Gasteiger partial charge in [-0.1, -0.05) is 147 Å². The van der Waals surface area contributed by atoms with Gasteiger partial charge in [0.1, 0.15) is 43.3 Å². The number of phenols is 2. The first-order chi connectivity index (χ1) is 26.9. The Hall–Kier alpha value is -4.79. The average molecular weight is 902 g/mol. The van der Waals surface area contributed by atoms with Gasteiger partial charge in [-0.05, 0) is 108 Å². The van der Waals surface area contributed by atoms with Gasteiger partial charge in [0.2, 0.25) is 0 Å². The van der Waals surface area contributed by atoms with Gasteiger partial charge in [-0.15, -0.1) is 0 Å². The second kappa shape index (κ2) is 25.6. The van der Waals surface area contributed by atoms with Gasteiger partial charge in [0.05, 0.1) is 15.8 Å². The molecule has 6 heteroatoms. The SMILES string of the molecule is CC(C)(c1ccc(O)cc1)c1ccc(O)cc1.[CH3-].[CH3-].[Ni].[Ni].c1ccc([PH+](c2ccccc2)c2ccccc2)cc1.c1ccc([PH+](c2ccccc2)c2ccccc2)cc1. The third-order valence-corrected chi connectivity index (χ3v) is 15.0. The van der Waals surface area contributed by atoms with Crippen LogP contribution < -0.4 is 31.8 Å². The van der Waals surface area contributed by atoms with Crippen molar-refractivity contribution in [1.29, 1.82) is 0 Å². The van der Waals surface area contributed by atoms with Crippen LogP contribution in [-0.2, 0) is 38.4 Å². The fraction of sp³-hybridized carbons (Fsp3) is 0.0566. The van der Waals surface area contributed by atoms with E-state index in [4.69, 9.17) is 0 Å². The van der Waals surface area contributed by atoms with Gasteiger partial charge in [-0.2, -0.15) is 0 Å². The van der Waals surface area contributed by atoms with Gasteiger partial charge in [0.15, 0.2) is 0 Å². The van der Waals surface area contributed by atoms with Crippen molar-refractivity contribution in [1.82, 2.24) is 0 Å². The summed E-state index contributed by atoms with van der Waals surface area (Å²) in [7, 11) is -1.75. The number of benzene rings is 8. The van der Waals surface area contributed by atoms with Crippen LogP contribution in [0.1, 0.15) is 25.0 Å². The Morgan fingerprint density at radius 1 is 0.288 bits per heavy atom. The molecular formula is C53H54Ni2O2P2. The molecule has 0 fully saturated rings. The molecule has 0 aliphatic carbocycles. The van der Waals surface area contributed by atoms with Gasteiger partial charge < -0.3 is 25.1 Å². The van der Waals surface area contributed by atoms with E-state index in [-0.39, 0.29) is 64.8 Å². The summed E-state index contributed by atoms with van der Waals surface area (Å²) in [5, 5.41) is 27.2. The predicted molar refractivity (Wildman–Crippen MR) is 254 cm³/mol. The summed E-state index contributed by atoms with van der Waals surface area (Å²) < 4.78 is 0. The van der Waals surface area contributed by atoms with Gasteiger partial charge in [0, 0.05) is 38.4 Å². The zero-order valence-electron chi connectivity index (χ0n) is 34.0. The minimum atomic E-state index is -0.877. The topological polar surface area (TPSA) is 40.5 Å². The van der Waals surface area contributed by atoms with Crippen LogP contribution in [0.5, 0.6) is 11.5 Å². The van der Waals surface area contributed by atoms with Crippen LogP contribution in [0.15, 0.2) is 231 Å². The Morgan fingerprint density at radius 3 is 0.627 bits per heavy atom. The van der Waals surface area contributed by atoms with E-state index in [1.54, 1.807) is 24.3 Å². The largest absolute Gasteiger partial charge is 0.508 e. The van der Waals surface area contributed by atoms with Crippen molar-refractivity contribution in [2.75, 3.05) is 0 Å². The predicted octanol–water partition coefficient (Wildman–Crippen LogP) is 10.7. The third-order valence-electron chi connectivity index (χ3n) is 9.55. The molecule has 0 heterocycles. The Balaban J connectivity index is 0.000000296. The molecular weight excluding hydrogens is 848 g/mol. The van der Waals surface area contributed by atoms with E-state index < -0.39 is 15.8 Å². The van der Waals surface area contributed by atoms with E-state index in [0.717, 1.165) is 11.1 Å². The normalized spacial score (nSPS) is 10.1. The van der Waals surface area contributed by atoms with Crippen molar-refractivity contribution in [3.05, 3.63) is 257 Å². The smallest absolute Gasteiger partial charge is 0.115 e. The van der Waals surface area contributed by atoms with Gasteiger partial charge >= 0.3 is 0 Å². The monoisotopic (exact) mass is 900 g/mol. The first-order valence-corrected chi connectivity index (χ1v) is 21.6. The third kappa shape index (κ3) is 14.2. The van der Waals surface area contributed by atoms with E-state index in [1.165, 1.54) is 31.8 Å². The zero-order chi connectivity index (χ0) is 38.3. The molecule has 0 spiro atoms. The summed E-state index contributed by atoms with van der Waals surface area (Å²) in [6.45, 7) is 4.23. The minimum Gasteiger partial charge on any atom is -0.508 e. The molecule has 0 radical (unpaired) electrons. The summed E-state index contributed by atoms with van der Waals surface area (Å²) >= 11 is 0. The molecule has 0 aliphatic heterocycles.